The number of ether oxygens (including phenoxy) is 2. The summed E-state index contributed by atoms with van der Waals surface area (Å²) in [6, 6.07) is 12.8. The Bertz CT molecular complexity index is 686. The van der Waals surface area contributed by atoms with Crippen LogP contribution in [0.2, 0.25) is 5.02 Å². The number of hydrogen-bond acceptors (Lipinski definition) is 3. The minimum absolute atomic E-state index is 0.238. The highest BCUT2D eigenvalue weighted by Crippen LogP contribution is 2.28. The molecule has 1 amide bonds. The van der Waals surface area contributed by atoms with E-state index >= 15 is 0 Å². The quantitative estimate of drug-likeness (QED) is 0.789. The molecule has 0 heterocycles. The normalized spacial score (nSPS) is 11.7. The summed E-state index contributed by atoms with van der Waals surface area (Å²) in [4.78, 5) is 12.5. The molecule has 0 aliphatic carbocycles. The third-order valence-electron chi connectivity index (χ3n) is 3.69. The van der Waals surface area contributed by atoms with Gasteiger partial charge in [-0.3, -0.25) is 4.79 Å². The van der Waals surface area contributed by atoms with Crippen molar-refractivity contribution in [3.8, 4) is 11.5 Å². The van der Waals surface area contributed by atoms with Crippen molar-refractivity contribution in [3.63, 3.8) is 0 Å². The van der Waals surface area contributed by atoms with Gasteiger partial charge in [0.15, 0.2) is 6.10 Å². The number of benzene rings is 2. The summed E-state index contributed by atoms with van der Waals surface area (Å²) in [6.07, 6.45) is 0.915. The largest absolute Gasteiger partial charge is 0.495 e. The van der Waals surface area contributed by atoms with Crippen LogP contribution in [-0.4, -0.2) is 19.1 Å². The molecule has 5 heteroatoms. The molecule has 24 heavy (non-hydrogen) atoms. The molecule has 0 spiro atoms. The van der Waals surface area contributed by atoms with E-state index in [1.807, 2.05) is 31.2 Å². The van der Waals surface area contributed by atoms with Gasteiger partial charge in [0.2, 0.25) is 0 Å². The molecule has 0 aliphatic rings. The van der Waals surface area contributed by atoms with Gasteiger partial charge in [0, 0.05) is 5.02 Å². The molecule has 1 atom stereocenters. The van der Waals surface area contributed by atoms with Crippen molar-refractivity contribution < 1.29 is 14.3 Å². The molecule has 0 fully saturated rings. The van der Waals surface area contributed by atoms with Crippen LogP contribution in [0.5, 0.6) is 11.5 Å². The number of hydrogen-bond donors (Lipinski definition) is 1. The first kappa shape index (κ1) is 18.1. The maximum Gasteiger partial charge on any atom is 0.265 e. The topological polar surface area (TPSA) is 47.6 Å². The van der Waals surface area contributed by atoms with E-state index in [1.54, 1.807) is 25.3 Å². The van der Waals surface area contributed by atoms with Gasteiger partial charge < -0.3 is 14.8 Å². The molecule has 0 saturated carbocycles. The number of methoxy groups -OCH3 is 1. The number of carbonyl (C=O) groups excluding carboxylic acids is 1. The van der Waals surface area contributed by atoms with Crippen LogP contribution in [0.3, 0.4) is 0 Å². The van der Waals surface area contributed by atoms with Crippen LogP contribution in [0.1, 0.15) is 25.8 Å². The highest BCUT2D eigenvalue weighted by atomic mass is 35.5. The van der Waals surface area contributed by atoms with Crippen LogP contribution in [0.25, 0.3) is 0 Å². The third kappa shape index (κ3) is 4.65. The van der Waals surface area contributed by atoms with Crippen LogP contribution >= 0.6 is 11.6 Å². The zero-order valence-electron chi connectivity index (χ0n) is 14.1. The Morgan fingerprint density at radius 2 is 1.88 bits per heavy atom. The number of carbonyl (C=O) groups is 1. The van der Waals surface area contributed by atoms with Crippen molar-refractivity contribution in [2.24, 2.45) is 0 Å². The van der Waals surface area contributed by atoms with E-state index in [2.05, 4.69) is 12.2 Å². The molecule has 0 saturated heterocycles. The second kappa shape index (κ2) is 8.60. The van der Waals surface area contributed by atoms with Crippen LogP contribution in [0.4, 0.5) is 5.69 Å². The summed E-state index contributed by atoms with van der Waals surface area (Å²) in [5, 5.41) is 3.35. The van der Waals surface area contributed by atoms with Gasteiger partial charge in [-0.15, -0.1) is 0 Å². The van der Waals surface area contributed by atoms with Gasteiger partial charge in [-0.25, -0.2) is 0 Å². The molecule has 0 radical (unpaired) electrons. The van der Waals surface area contributed by atoms with E-state index in [9.17, 15) is 4.79 Å². The second-order valence-electron chi connectivity index (χ2n) is 5.35. The lowest BCUT2D eigenvalue weighted by atomic mass is 10.1. The zero-order chi connectivity index (χ0) is 17.5. The Kier molecular flexibility index (Phi) is 6.50. The maximum absolute atomic E-state index is 12.5. The van der Waals surface area contributed by atoms with E-state index < -0.39 is 6.10 Å². The van der Waals surface area contributed by atoms with E-state index in [1.165, 1.54) is 5.56 Å². The van der Waals surface area contributed by atoms with Gasteiger partial charge in [0.25, 0.3) is 5.91 Å². The molecular weight excluding hydrogens is 326 g/mol. The van der Waals surface area contributed by atoms with Gasteiger partial charge in [-0.1, -0.05) is 37.6 Å². The summed E-state index contributed by atoms with van der Waals surface area (Å²) < 4.78 is 11.1. The van der Waals surface area contributed by atoms with Gasteiger partial charge in [-0.05, 0) is 48.7 Å². The predicted octanol–water partition coefficient (Wildman–Crippen LogP) is 4.71. The molecule has 0 bridgehead atoms. The molecule has 0 aliphatic heterocycles. The molecule has 0 aromatic heterocycles. The average molecular weight is 348 g/mol. The Hall–Kier alpha value is -2.20. The molecule has 2 aromatic carbocycles. The first-order valence-electron chi connectivity index (χ1n) is 7.97. The van der Waals surface area contributed by atoms with E-state index in [-0.39, 0.29) is 5.91 Å². The zero-order valence-corrected chi connectivity index (χ0v) is 14.9. The maximum atomic E-state index is 12.5. The Morgan fingerprint density at radius 3 is 2.46 bits per heavy atom. The van der Waals surface area contributed by atoms with Crippen LogP contribution < -0.4 is 14.8 Å². The van der Waals surface area contributed by atoms with Crippen LogP contribution in [-0.2, 0) is 11.2 Å². The van der Waals surface area contributed by atoms with Gasteiger partial charge in [0.05, 0.1) is 12.8 Å². The second-order valence-corrected chi connectivity index (χ2v) is 5.78. The summed E-state index contributed by atoms with van der Waals surface area (Å²) >= 11 is 5.99. The minimum atomic E-state index is -0.596. The first-order valence-corrected chi connectivity index (χ1v) is 8.35. The number of rotatable bonds is 7. The highest BCUT2D eigenvalue weighted by Gasteiger charge is 2.20. The van der Waals surface area contributed by atoms with Crippen molar-refractivity contribution in [1.29, 1.82) is 0 Å². The molecule has 0 unspecified atom stereocenters. The standard InChI is InChI=1S/C19H22ClNO3/c1-4-13-6-9-15(10-7-13)24-17(5-2)19(22)21-16-12-14(20)8-11-18(16)23-3/h6-12,17H,4-5H2,1-3H3,(H,21,22)/t17-/m0/s1. The molecular formula is C19H22ClNO3. The Morgan fingerprint density at radius 1 is 1.17 bits per heavy atom. The summed E-state index contributed by atoms with van der Waals surface area (Å²) in [6.45, 7) is 4.00. The average Bonchev–Trinajstić information content (AvgIpc) is 2.60. The van der Waals surface area contributed by atoms with Crippen molar-refractivity contribution in [3.05, 3.63) is 53.1 Å². The smallest absolute Gasteiger partial charge is 0.265 e. The number of nitrogens with one attached hydrogen (secondary N) is 1. The van der Waals surface area contributed by atoms with Crippen LogP contribution in [0, 0.1) is 0 Å². The fourth-order valence-electron chi connectivity index (χ4n) is 2.28. The van der Waals surface area contributed by atoms with Gasteiger partial charge in [0.1, 0.15) is 11.5 Å². The van der Waals surface area contributed by atoms with Crippen molar-refractivity contribution in [2.75, 3.05) is 12.4 Å². The van der Waals surface area contributed by atoms with Gasteiger partial charge >= 0.3 is 0 Å². The minimum Gasteiger partial charge on any atom is -0.495 e. The molecule has 2 aromatic rings. The molecule has 1 N–H and O–H groups in total. The molecule has 128 valence electrons. The monoisotopic (exact) mass is 347 g/mol. The highest BCUT2D eigenvalue weighted by molar-refractivity contribution is 6.31. The summed E-state index contributed by atoms with van der Waals surface area (Å²) in [7, 11) is 1.54. The lowest BCUT2D eigenvalue weighted by molar-refractivity contribution is -0.122. The third-order valence-corrected chi connectivity index (χ3v) is 3.93. The van der Waals surface area contributed by atoms with E-state index in [0.717, 1.165) is 6.42 Å². The Labute approximate surface area is 147 Å². The van der Waals surface area contributed by atoms with Crippen molar-refractivity contribution in [1.82, 2.24) is 0 Å². The summed E-state index contributed by atoms with van der Waals surface area (Å²) in [5.74, 6) is 0.986. The number of amides is 1. The number of anilines is 1. The number of aryl methyl sites for hydroxylation is 1. The lowest BCUT2D eigenvalue weighted by Crippen LogP contribution is -2.32. The SMILES string of the molecule is CCc1ccc(O[C@@H](CC)C(=O)Nc2cc(Cl)ccc2OC)cc1. The summed E-state index contributed by atoms with van der Waals surface area (Å²) in [5.41, 5.74) is 1.75. The lowest BCUT2D eigenvalue weighted by Gasteiger charge is -2.18. The van der Waals surface area contributed by atoms with E-state index in [4.69, 9.17) is 21.1 Å². The molecule has 2 rings (SSSR count). The Balaban J connectivity index is 2.09. The van der Waals surface area contributed by atoms with Gasteiger partial charge in [-0.2, -0.15) is 0 Å². The predicted molar refractivity (Wildman–Crippen MR) is 97.2 cm³/mol. The number of halogens is 1. The van der Waals surface area contributed by atoms with Crippen LogP contribution in [0.15, 0.2) is 42.5 Å². The van der Waals surface area contributed by atoms with Crippen molar-refractivity contribution in [2.45, 2.75) is 32.8 Å². The fourth-order valence-corrected chi connectivity index (χ4v) is 2.45. The van der Waals surface area contributed by atoms with E-state index in [0.29, 0.717) is 28.6 Å². The fraction of sp³-hybridized carbons (Fsp3) is 0.316. The van der Waals surface area contributed by atoms with Crippen molar-refractivity contribution >= 4 is 23.2 Å². The molecule has 4 nitrogen and oxygen atoms in total. The first-order chi connectivity index (χ1) is 11.6.